The van der Waals surface area contributed by atoms with Crippen LogP contribution in [0.2, 0.25) is 0 Å². The fourth-order valence-electron chi connectivity index (χ4n) is 2.18. The Hall–Kier alpha value is -2.78. The summed E-state index contributed by atoms with van der Waals surface area (Å²) < 4.78 is 23.1. The maximum atomic E-state index is 12.9. The van der Waals surface area contributed by atoms with Gasteiger partial charge in [0.2, 0.25) is 0 Å². The SMILES string of the molecule is COC(=O)c1ccc(NC(=O)c2sc(COc3ccc(F)cc3)nc2C)s1. The number of carbonyl (C=O) groups excluding carboxylic acids is 2. The molecular weight excluding hydrogens is 391 g/mol. The number of ether oxygens (including phenoxy) is 2. The molecule has 0 fully saturated rings. The molecule has 0 saturated carbocycles. The highest BCUT2D eigenvalue weighted by atomic mass is 32.1. The number of thiophene rings is 1. The monoisotopic (exact) mass is 406 g/mol. The molecule has 0 saturated heterocycles. The Bertz CT molecular complexity index is 966. The molecule has 0 atom stereocenters. The van der Waals surface area contributed by atoms with Gasteiger partial charge in [-0.2, -0.15) is 0 Å². The van der Waals surface area contributed by atoms with Crippen molar-refractivity contribution in [2.45, 2.75) is 13.5 Å². The van der Waals surface area contributed by atoms with Gasteiger partial charge in [-0.3, -0.25) is 4.79 Å². The number of nitrogens with one attached hydrogen (secondary N) is 1. The summed E-state index contributed by atoms with van der Waals surface area (Å²) in [6, 6.07) is 8.91. The van der Waals surface area contributed by atoms with E-state index in [1.165, 1.54) is 42.7 Å². The van der Waals surface area contributed by atoms with Gasteiger partial charge in [0.05, 0.1) is 17.8 Å². The molecule has 3 rings (SSSR count). The quantitative estimate of drug-likeness (QED) is 0.619. The van der Waals surface area contributed by atoms with Crippen LogP contribution < -0.4 is 10.1 Å². The number of esters is 1. The molecule has 0 unspecified atom stereocenters. The average Bonchev–Trinajstić information content (AvgIpc) is 3.27. The van der Waals surface area contributed by atoms with Crippen LogP contribution in [0, 0.1) is 12.7 Å². The van der Waals surface area contributed by atoms with E-state index in [4.69, 9.17) is 4.74 Å². The van der Waals surface area contributed by atoms with E-state index in [-0.39, 0.29) is 18.3 Å². The standard InChI is InChI=1S/C18H15FN2O4S2/c1-10-16(17(22)21-14-8-7-13(26-14)18(23)24-2)27-15(20-10)9-25-12-5-3-11(19)4-6-12/h3-8H,9H2,1-2H3,(H,21,22). The lowest BCUT2D eigenvalue weighted by Gasteiger charge is -2.03. The molecule has 2 heterocycles. The van der Waals surface area contributed by atoms with Crippen molar-refractivity contribution in [1.82, 2.24) is 4.98 Å². The molecule has 0 radical (unpaired) electrons. The van der Waals surface area contributed by atoms with E-state index in [1.807, 2.05) is 0 Å². The highest BCUT2D eigenvalue weighted by molar-refractivity contribution is 7.18. The smallest absolute Gasteiger partial charge is 0.348 e. The number of nitrogens with zero attached hydrogens (tertiary/aromatic N) is 1. The van der Waals surface area contributed by atoms with Gasteiger partial charge < -0.3 is 14.8 Å². The zero-order valence-electron chi connectivity index (χ0n) is 14.4. The number of hydrogen-bond donors (Lipinski definition) is 1. The minimum absolute atomic E-state index is 0.176. The molecule has 0 aliphatic heterocycles. The highest BCUT2D eigenvalue weighted by Gasteiger charge is 2.17. The third kappa shape index (κ3) is 4.69. The van der Waals surface area contributed by atoms with Crippen LogP contribution in [0.4, 0.5) is 9.39 Å². The first-order valence-corrected chi connectivity index (χ1v) is 9.43. The van der Waals surface area contributed by atoms with Crippen molar-refractivity contribution in [1.29, 1.82) is 0 Å². The first-order valence-electron chi connectivity index (χ1n) is 7.80. The Balaban J connectivity index is 1.64. The maximum Gasteiger partial charge on any atom is 0.348 e. The fraction of sp³-hybridized carbons (Fsp3) is 0.167. The molecule has 0 bridgehead atoms. The van der Waals surface area contributed by atoms with Gasteiger partial charge in [0, 0.05) is 0 Å². The molecule has 1 aromatic carbocycles. The summed E-state index contributed by atoms with van der Waals surface area (Å²) in [5.74, 6) is -0.578. The Morgan fingerprint density at radius 2 is 1.89 bits per heavy atom. The highest BCUT2D eigenvalue weighted by Crippen LogP contribution is 2.26. The zero-order chi connectivity index (χ0) is 19.4. The second-order valence-corrected chi connectivity index (χ2v) is 7.54. The summed E-state index contributed by atoms with van der Waals surface area (Å²) in [6.07, 6.45) is 0. The van der Waals surface area contributed by atoms with Crippen LogP contribution in [-0.2, 0) is 11.3 Å². The van der Waals surface area contributed by atoms with Crippen molar-refractivity contribution in [3.8, 4) is 5.75 Å². The van der Waals surface area contributed by atoms with Gasteiger partial charge in [-0.05, 0) is 43.3 Å². The van der Waals surface area contributed by atoms with Crippen molar-refractivity contribution in [3.05, 3.63) is 62.7 Å². The van der Waals surface area contributed by atoms with E-state index in [0.29, 0.717) is 31.2 Å². The van der Waals surface area contributed by atoms with Crippen LogP contribution >= 0.6 is 22.7 Å². The largest absolute Gasteiger partial charge is 0.486 e. The van der Waals surface area contributed by atoms with E-state index < -0.39 is 5.97 Å². The average molecular weight is 406 g/mol. The fourth-order valence-corrected chi connectivity index (χ4v) is 3.88. The predicted octanol–water partition coefficient (Wildman–Crippen LogP) is 4.27. The van der Waals surface area contributed by atoms with Gasteiger partial charge >= 0.3 is 5.97 Å². The minimum Gasteiger partial charge on any atom is -0.486 e. The normalized spacial score (nSPS) is 10.5. The Kier molecular flexibility index (Phi) is 5.82. The second kappa shape index (κ2) is 8.28. The molecule has 1 amide bonds. The predicted molar refractivity (Wildman–Crippen MR) is 101 cm³/mol. The lowest BCUT2D eigenvalue weighted by atomic mass is 10.3. The number of rotatable bonds is 6. The van der Waals surface area contributed by atoms with Crippen LogP contribution in [0.15, 0.2) is 36.4 Å². The van der Waals surface area contributed by atoms with Gasteiger partial charge in [0.15, 0.2) is 0 Å². The number of anilines is 1. The number of halogens is 1. The number of thiazole rings is 1. The van der Waals surface area contributed by atoms with Crippen LogP contribution in [-0.4, -0.2) is 24.0 Å². The number of aromatic nitrogens is 1. The molecule has 0 aliphatic carbocycles. The Morgan fingerprint density at radius 3 is 2.59 bits per heavy atom. The third-order valence-corrected chi connectivity index (χ3v) is 5.56. The van der Waals surface area contributed by atoms with E-state index >= 15 is 0 Å². The van der Waals surface area contributed by atoms with E-state index in [2.05, 4.69) is 15.0 Å². The molecule has 3 aromatic rings. The van der Waals surface area contributed by atoms with Crippen LogP contribution in [0.3, 0.4) is 0 Å². The molecule has 9 heteroatoms. The van der Waals surface area contributed by atoms with Crippen molar-refractivity contribution in [2.75, 3.05) is 12.4 Å². The number of hydrogen-bond acceptors (Lipinski definition) is 7. The lowest BCUT2D eigenvalue weighted by molar-refractivity contribution is 0.0606. The van der Waals surface area contributed by atoms with Gasteiger partial charge in [0.25, 0.3) is 5.91 Å². The van der Waals surface area contributed by atoms with Crippen molar-refractivity contribution >= 4 is 39.6 Å². The molecule has 2 aromatic heterocycles. The molecule has 140 valence electrons. The van der Waals surface area contributed by atoms with Crippen molar-refractivity contribution < 1.29 is 23.5 Å². The first-order chi connectivity index (χ1) is 13.0. The van der Waals surface area contributed by atoms with Gasteiger partial charge in [-0.1, -0.05) is 0 Å². The van der Waals surface area contributed by atoms with Crippen LogP contribution in [0.5, 0.6) is 5.75 Å². The minimum atomic E-state index is -0.449. The number of benzene rings is 1. The van der Waals surface area contributed by atoms with Gasteiger partial charge in [-0.15, -0.1) is 22.7 Å². The molecule has 0 spiro atoms. The lowest BCUT2D eigenvalue weighted by Crippen LogP contribution is -2.10. The van der Waals surface area contributed by atoms with Crippen molar-refractivity contribution in [2.24, 2.45) is 0 Å². The van der Waals surface area contributed by atoms with Crippen molar-refractivity contribution in [3.63, 3.8) is 0 Å². The number of amides is 1. The summed E-state index contributed by atoms with van der Waals surface area (Å²) in [4.78, 5) is 29.2. The van der Waals surface area contributed by atoms with E-state index in [9.17, 15) is 14.0 Å². The molecule has 6 nitrogen and oxygen atoms in total. The summed E-state index contributed by atoms with van der Waals surface area (Å²) in [5.41, 5.74) is 0.583. The van der Waals surface area contributed by atoms with Gasteiger partial charge in [0.1, 0.15) is 32.9 Å². The molecule has 27 heavy (non-hydrogen) atoms. The maximum absolute atomic E-state index is 12.9. The van der Waals surface area contributed by atoms with Crippen LogP contribution in [0.25, 0.3) is 0 Å². The Morgan fingerprint density at radius 1 is 1.15 bits per heavy atom. The number of aryl methyl sites for hydroxylation is 1. The van der Waals surface area contributed by atoms with E-state index in [1.54, 1.807) is 19.1 Å². The first kappa shape index (κ1) is 19.0. The topological polar surface area (TPSA) is 77.5 Å². The summed E-state index contributed by atoms with van der Waals surface area (Å²) >= 11 is 2.35. The molecule has 0 aliphatic rings. The number of carbonyl (C=O) groups is 2. The zero-order valence-corrected chi connectivity index (χ0v) is 16.1. The number of methoxy groups -OCH3 is 1. The third-order valence-electron chi connectivity index (χ3n) is 3.45. The van der Waals surface area contributed by atoms with Crippen LogP contribution in [0.1, 0.15) is 30.0 Å². The van der Waals surface area contributed by atoms with E-state index in [0.717, 1.165) is 11.3 Å². The summed E-state index contributed by atoms with van der Waals surface area (Å²) in [5, 5.41) is 3.92. The molecular formula is C18H15FN2O4S2. The summed E-state index contributed by atoms with van der Waals surface area (Å²) in [7, 11) is 1.30. The molecule has 1 N–H and O–H groups in total. The second-order valence-electron chi connectivity index (χ2n) is 5.37. The Labute approximate surface area is 162 Å². The van der Waals surface area contributed by atoms with Gasteiger partial charge in [-0.25, -0.2) is 14.2 Å². The summed E-state index contributed by atoms with van der Waals surface area (Å²) in [6.45, 7) is 1.91.